The summed E-state index contributed by atoms with van der Waals surface area (Å²) >= 11 is 0. The Labute approximate surface area is 186 Å². The average molecular weight is 459 g/mol. The van der Waals surface area contributed by atoms with E-state index in [2.05, 4.69) is 55.4 Å². The van der Waals surface area contributed by atoms with E-state index in [0.717, 1.165) is 12.1 Å². The molecule has 1 aromatic carbocycles. The van der Waals surface area contributed by atoms with Gasteiger partial charge in [0.25, 0.3) is 0 Å². The van der Waals surface area contributed by atoms with Crippen LogP contribution in [-0.2, 0) is 0 Å². The number of benzene rings is 1. The van der Waals surface area contributed by atoms with Gasteiger partial charge in [-0.3, -0.25) is 0 Å². The monoisotopic (exact) mass is 458 g/mol. The fourth-order valence-electron chi connectivity index (χ4n) is 3.52. The molecule has 0 unspecified atom stereocenters. The average Bonchev–Trinajstić information content (AvgIpc) is 2.78. The van der Waals surface area contributed by atoms with Crippen LogP contribution in [0, 0.1) is 0 Å². The molecule has 174 valence electrons. The fourth-order valence-corrected chi connectivity index (χ4v) is 8.89. The van der Waals surface area contributed by atoms with Crippen LogP contribution in [0.4, 0.5) is 0 Å². The molecule has 0 saturated heterocycles. The van der Waals surface area contributed by atoms with E-state index in [1.54, 1.807) is 0 Å². The molecule has 0 aromatic heterocycles. The number of carbonyl (C=O) groups excluding carboxylic acids is 2. The van der Waals surface area contributed by atoms with Crippen LogP contribution in [0.15, 0.2) is 24.3 Å². The van der Waals surface area contributed by atoms with Crippen LogP contribution in [0.3, 0.4) is 0 Å². The van der Waals surface area contributed by atoms with Gasteiger partial charge in [0.1, 0.15) is 0 Å². The summed E-state index contributed by atoms with van der Waals surface area (Å²) in [5.74, 6) is -3.04. The molecule has 4 nitrogen and oxygen atoms in total. The van der Waals surface area contributed by atoms with Gasteiger partial charge in [-0.1, -0.05) is 24.3 Å². The van der Waals surface area contributed by atoms with Crippen molar-refractivity contribution in [2.45, 2.75) is 55.4 Å². The van der Waals surface area contributed by atoms with Crippen LogP contribution >= 0.6 is 14.5 Å². The van der Waals surface area contributed by atoms with Crippen molar-refractivity contribution in [3.05, 3.63) is 35.4 Å². The van der Waals surface area contributed by atoms with Crippen molar-refractivity contribution in [3.8, 4) is 0 Å². The molecule has 0 spiro atoms. The summed E-state index contributed by atoms with van der Waals surface area (Å²) in [7, 11) is -0.840. The normalized spacial score (nSPS) is 10.9. The molecule has 1 rings (SSSR count). The highest BCUT2D eigenvalue weighted by atomic mass is 31.2. The first-order valence-corrected chi connectivity index (χ1v) is 16.4. The minimum absolute atomic E-state index is 0.363. The molecule has 6 heteroatoms. The van der Waals surface area contributed by atoms with Gasteiger partial charge in [-0.05, 0) is 55.4 Å². The summed E-state index contributed by atoms with van der Waals surface area (Å²) < 4.78 is 0. The standard InChI is InChI=1S/C8H6O4.2C8H20P/c9-7(10)5-3-1-2-4-6(5)8(11)12;2*1-5-9(6-2,7-3)8-4/h1-4H,(H,9,10)(H,11,12);2*5-8H2,1-4H3/q;2*+1/p-2. The Hall–Kier alpha value is -0.980. The zero-order valence-electron chi connectivity index (χ0n) is 20.5. The van der Waals surface area contributed by atoms with Crippen molar-refractivity contribution in [1.82, 2.24) is 0 Å². The third-order valence-electron chi connectivity index (χ3n) is 6.73. The third kappa shape index (κ3) is 10.4. The largest absolute Gasteiger partial charge is 0.545 e. The summed E-state index contributed by atoms with van der Waals surface area (Å²) in [6, 6.07) is 5.14. The molecule has 0 saturated carbocycles. The van der Waals surface area contributed by atoms with Gasteiger partial charge < -0.3 is 19.8 Å². The lowest BCUT2D eigenvalue weighted by Crippen LogP contribution is -2.29. The molecule has 0 fully saturated rings. The second kappa shape index (κ2) is 16.7. The number of carboxylic acid groups (broad SMARTS) is 2. The molecule has 0 atom stereocenters. The molecule has 0 aliphatic rings. The van der Waals surface area contributed by atoms with E-state index >= 15 is 0 Å². The highest BCUT2D eigenvalue weighted by Crippen LogP contribution is 2.57. The molecule has 30 heavy (non-hydrogen) atoms. The highest BCUT2D eigenvalue weighted by Gasteiger charge is 2.28. The van der Waals surface area contributed by atoms with E-state index in [9.17, 15) is 19.8 Å². The Morgan fingerprint density at radius 2 is 0.767 bits per heavy atom. The first-order valence-electron chi connectivity index (χ1n) is 11.3. The Kier molecular flexibility index (Phi) is 17.4. The zero-order valence-corrected chi connectivity index (χ0v) is 22.3. The summed E-state index contributed by atoms with van der Waals surface area (Å²) in [5.41, 5.74) is -0.727. The maximum atomic E-state index is 10.3. The second-order valence-electron chi connectivity index (χ2n) is 7.33. The van der Waals surface area contributed by atoms with Gasteiger partial charge in [-0.25, -0.2) is 0 Å². The molecular formula is C24H44O4P2. The predicted octanol–water partition coefficient (Wildman–Crippen LogP) is 4.58. The van der Waals surface area contributed by atoms with Crippen LogP contribution in [-0.4, -0.2) is 61.2 Å². The lowest BCUT2D eigenvalue weighted by atomic mass is 10.1. The predicted molar refractivity (Wildman–Crippen MR) is 133 cm³/mol. The van der Waals surface area contributed by atoms with Gasteiger partial charge in [0.15, 0.2) is 0 Å². The number of carbonyl (C=O) groups is 2. The Morgan fingerprint density at radius 3 is 0.867 bits per heavy atom. The second-order valence-corrected chi connectivity index (χ2v) is 17.8. The molecule has 0 aliphatic heterocycles. The van der Waals surface area contributed by atoms with Gasteiger partial charge in [0, 0.05) is 25.7 Å². The minimum atomic E-state index is -1.52. The van der Waals surface area contributed by atoms with E-state index in [4.69, 9.17) is 0 Å². The first kappa shape index (κ1) is 31.2. The fraction of sp³-hybridized carbons (Fsp3) is 0.667. The zero-order chi connectivity index (χ0) is 23.8. The quantitative estimate of drug-likeness (QED) is 0.481. The highest BCUT2D eigenvalue weighted by molar-refractivity contribution is 7.76. The van der Waals surface area contributed by atoms with Gasteiger partial charge in [-0.15, -0.1) is 0 Å². The number of aromatic carboxylic acids is 2. The van der Waals surface area contributed by atoms with E-state index in [0.29, 0.717) is 0 Å². The Balaban J connectivity index is 0. The van der Waals surface area contributed by atoms with Crippen LogP contribution in [0.25, 0.3) is 0 Å². The molecular weight excluding hydrogens is 414 g/mol. The lowest BCUT2D eigenvalue weighted by Gasteiger charge is -2.20. The topological polar surface area (TPSA) is 80.3 Å². The van der Waals surface area contributed by atoms with E-state index < -0.39 is 26.5 Å². The van der Waals surface area contributed by atoms with Crippen molar-refractivity contribution in [2.75, 3.05) is 49.3 Å². The van der Waals surface area contributed by atoms with Crippen molar-refractivity contribution in [2.24, 2.45) is 0 Å². The number of rotatable bonds is 10. The van der Waals surface area contributed by atoms with Gasteiger partial charge in [0.2, 0.25) is 0 Å². The summed E-state index contributed by atoms with van der Waals surface area (Å²) in [6.07, 6.45) is 11.6. The summed E-state index contributed by atoms with van der Waals surface area (Å²) in [6.45, 7) is 18.8. The molecule has 0 aliphatic carbocycles. The van der Waals surface area contributed by atoms with Crippen molar-refractivity contribution in [3.63, 3.8) is 0 Å². The van der Waals surface area contributed by atoms with Crippen molar-refractivity contribution in [1.29, 1.82) is 0 Å². The van der Waals surface area contributed by atoms with E-state index in [-0.39, 0.29) is 11.1 Å². The Bertz CT molecular complexity index is 521. The van der Waals surface area contributed by atoms with Crippen LogP contribution in [0.5, 0.6) is 0 Å². The first-order chi connectivity index (χ1) is 14.1. The molecule has 1 aromatic rings. The summed E-state index contributed by atoms with van der Waals surface area (Å²) in [5, 5.41) is 20.6. The number of hydrogen-bond donors (Lipinski definition) is 0. The molecule has 0 radical (unpaired) electrons. The lowest BCUT2D eigenvalue weighted by molar-refractivity contribution is -0.259. The van der Waals surface area contributed by atoms with Gasteiger partial charge in [0.05, 0.1) is 61.2 Å². The summed E-state index contributed by atoms with van der Waals surface area (Å²) in [4.78, 5) is 20.6. The third-order valence-corrected chi connectivity index (χ3v) is 17.5. The molecule has 0 bridgehead atoms. The Morgan fingerprint density at radius 1 is 0.567 bits per heavy atom. The number of hydrogen-bond acceptors (Lipinski definition) is 4. The van der Waals surface area contributed by atoms with Crippen molar-refractivity contribution >= 4 is 26.5 Å². The van der Waals surface area contributed by atoms with Gasteiger partial charge in [-0.2, -0.15) is 0 Å². The maximum Gasteiger partial charge on any atom is 0.0721 e. The van der Waals surface area contributed by atoms with E-state index in [1.807, 2.05) is 0 Å². The maximum absolute atomic E-state index is 10.3. The minimum Gasteiger partial charge on any atom is -0.545 e. The van der Waals surface area contributed by atoms with Crippen LogP contribution in [0.1, 0.15) is 76.1 Å². The SMILES string of the molecule is CC[P+](CC)(CC)CC.CC[P+](CC)(CC)CC.O=C([O-])c1ccccc1C(=O)[O-]. The number of carboxylic acids is 2. The van der Waals surface area contributed by atoms with E-state index in [1.165, 1.54) is 61.4 Å². The smallest absolute Gasteiger partial charge is 0.0721 e. The van der Waals surface area contributed by atoms with Crippen molar-refractivity contribution < 1.29 is 19.8 Å². The molecule has 0 amide bonds. The van der Waals surface area contributed by atoms with Crippen LogP contribution < -0.4 is 10.2 Å². The van der Waals surface area contributed by atoms with Crippen LogP contribution in [0.2, 0.25) is 0 Å². The van der Waals surface area contributed by atoms with Gasteiger partial charge >= 0.3 is 0 Å². The molecule has 0 N–H and O–H groups in total. The molecule has 0 heterocycles.